The Labute approximate surface area is 238 Å². The van der Waals surface area contributed by atoms with Crippen molar-refractivity contribution in [2.24, 2.45) is 0 Å². The Bertz CT molecular complexity index is 1510. The largest absolute Gasteiger partial charge is 0.493 e. The lowest BCUT2D eigenvalue weighted by atomic mass is 9.91. The van der Waals surface area contributed by atoms with Gasteiger partial charge in [0.25, 0.3) is 0 Å². The summed E-state index contributed by atoms with van der Waals surface area (Å²) < 4.78 is 82.3. The first kappa shape index (κ1) is 32.4. The zero-order valence-corrected chi connectivity index (χ0v) is 25.2. The molecule has 1 heterocycles. The number of hydrogen-bond acceptors (Lipinski definition) is 8. The van der Waals surface area contributed by atoms with E-state index in [0.29, 0.717) is 34.0 Å². The highest BCUT2D eigenvalue weighted by Gasteiger charge is 2.49. The van der Waals surface area contributed by atoms with E-state index < -0.39 is 44.2 Å². The number of likely N-dealkylation sites (N-methyl/N-ethyl adjacent to an activating group) is 1. The molecule has 13 heteroatoms. The Kier molecular flexibility index (Phi) is 9.46. The molecule has 3 rings (SSSR count). The van der Waals surface area contributed by atoms with Crippen LogP contribution in [0.1, 0.15) is 57.6 Å². The summed E-state index contributed by atoms with van der Waals surface area (Å²) >= 11 is 0. The quantitative estimate of drug-likeness (QED) is 0.294. The lowest BCUT2D eigenvalue weighted by Crippen LogP contribution is -2.41. The SMILES string of the molecule is COc1cc2nc(C)nc(N[C@H](C)c3cccc(C(F)(F)C(C)(C)O)c3F)c2cc1OCCN(C)S(=O)(=O)C(C)C. The predicted molar refractivity (Wildman–Crippen MR) is 152 cm³/mol. The number of aromatic nitrogens is 2. The average Bonchev–Trinajstić information content (AvgIpc) is 2.87. The van der Waals surface area contributed by atoms with Crippen LogP contribution in [0.25, 0.3) is 10.9 Å². The molecule has 1 atom stereocenters. The highest BCUT2D eigenvalue weighted by Crippen LogP contribution is 2.42. The molecule has 0 spiro atoms. The minimum Gasteiger partial charge on any atom is -0.493 e. The van der Waals surface area contributed by atoms with Crippen molar-refractivity contribution in [2.45, 2.75) is 64.4 Å². The van der Waals surface area contributed by atoms with E-state index >= 15 is 4.39 Å². The van der Waals surface area contributed by atoms with Crippen LogP contribution < -0.4 is 14.8 Å². The fourth-order valence-corrected chi connectivity index (χ4v) is 5.19. The summed E-state index contributed by atoms with van der Waals surface area (Å²) in [5.41, 5.74) is -2.95. The van der Waals surface area contributed by atoms with Crippen molar-refractivity contribution in [2.75, 3.05) is 32.6 Å². The zero-order valence-electron chi connectivity index (χ0n) is 24.4. The minimum absolute atomic E-state index is 0.0314. The fourth-order valence-electron chi connectivity index (χ4n) is 4.15. The van der Waals surface area contributed by atoms with E-state index in [1.807, 2.05) is 0 Å². The average molecular weight is 599 g/mol. The summed E-state index contributed by atoms with van der Waals surface area (Å²) in [4.78, 5) is 8.89. The minimum atomic E-state index is -3.84. The highest BCUT2D eigenvalue weighted by atomic mass is 32.2. The zero-order chi connectivity index (χ0) is 30.9. The van der Waals surface area contributed by atoms with Gasteiger partial charge in [-0.2, -0.15) is 8.78 Å². The monoisotopic (exact) mass is 598 g/mol. The Balaban J connectivity index is 1.96. The topological polar surface area (TPSA) is 114 Å². The molecule has 0 amide bonds. The molecule has 2 aromatic carbocycles. The Hall–Kier alpha value is -3.16. The number of nitrogens with zero attached hydrogens (tertiary/aromatic N) is 3. The van der Waals surface area contributed by atoms with Crippen molar-refractivity contribution >= 4 is 26.7 Å². The van der Waals surface area contributed by atoms with Crippen molar-refractivity contribution in [3.05, 3.63) is 53.1 Å². The van der Waals surface area contributed by atoms with Gasteiger partial charge in [0.15, 0.2) is 11.5 Å². The number of fused-ring (bicyclic) bond motifs is 1. The van der Waals surface area contributed by atoms with Crippen molar-refractivity contribution in [1.82, 2.24) is 14.3 Å². The number of alkyl halides is 2. The third-order valence-corrected chi connectivity index (χ3v) is 8.98. The van der Waals surface area contributed by atoms with Gasteiger partial charge in [0.1, 0.15) is 29.7 Å². The van der Waals surface area contributed by atoms with E-state index in [0.717, 1.165) is 19.9 Å². The molecule has 0 fully saturated rings. The van der Waals surface area contributed by atoms with Crippen LogP contribution >= 0.6 is 0 Å². The van der Waals surface area contributed by atoms with Crippen LogP contribution in [-0.4, -0.2) is 66.0 Å². The molecule has 0 unspecified atom stereocenters. The molecular weight excluding hydrogens is 561 g/mol. The molecule has 0 radical (unpaired) electrons. The predicted octanol–water partition coefficient (Wildman–Crippen LogP) is 5.17. The normalized spacial score (nSPS) is 13.6. The number of hydrogen-bond donors (Lipinski definition) is 2. The maximum absolute atomic E-state index is 15.4. The van der Waals surface area contributed by atoms with Crippen LogP contribution in [0.3, 0.4) is 0 Å². The molecule has 41 heavy (non-hydrogen) atoms. The van der Waals surface area contributed by atoms with Gasteiger partial charge in [0, 0.05) is 30.6 Å². The lowest BCUT2D eigenvalue weighted by Gasteiger charge is -2.30. The van der Waals surface area contributed by atoms with Crippen molar-refractivity contribution in [1.29, 1.82) is 0 Å². The van der Waals surface area contributed by atoms with Crippen LogP contribution in [0.2, 0.25) is 0 Å². The molecule has 0 saturated heterocycles. The summed E-state index contributed by atoms with van der Waals surface area (Å²) in [6.45, 7) is 8.43. The van der Waals surface area contributed by atoms with Gasteiger partial charge in [-0.25, -0.2) is 27.1 Å². The molecule has 0 bridgehead atoms. The Morgan fingerprint density at radius 3 is 2.37 bits per heavy atom. The van der Waals surface area contributed by atoms with Gasteiger partial charge in [0.2, 0.25) is 10.0 Å². The number of ether oxygens (including phenoxy) is 2. The van der Waals surface area contributed by atoms with E-state index in [1.54, 1.807) is 39.8 Å². The molecule has 0 aliphatic heterocycles. The van der Waals surface area contributed by atoms with Crippen LogP contribution in [-0.2, 0) is 15.9 Å². The number of anilines is 1. The molecule has 0 aliphatic carbocycles. The van der Waals surface area contributed by atoms with Crippen LogP contribution in [0.15, 0.2) is 30.3 Å². The van der Waals surface area contributed by atoms with Crippen molar-refractivity contribution in [3.8, 4) is 11.5 Å². The van der Waals surface area contributed by atoms with Gasteiger partial charge >= 0.3 is 5.92 Å². The number of rotatable bonds is 12. The van der Waals surface area contributed by atoms with Gasteiger partial charge in [-0.1, -0.05) is 12.1 Å². The number of aliphatic hydroxyl groups is 1. The van der Waals surface area contributed by atoms with Gasteiger partial charge in [0.05, 0.1) is 29.5 Å². The van der Waals surface area contributed by atoms with Gasteiger partial charge in [-0.05, 0) is 53.7 Å². The summed E-state index contributed by atoms with van der Waals surface area (Å²) in [5, 5.41) is 13.0. The van der Waals surface area contributed by atoms with E-state index in [-0.39, 0.29) is 18.7 Å². The summed E-state index contributed by atoms with van der Waals surface area (Å²) in [6, 6.07) is 6.08. The first-order chi connectivity index (χ1) is 18.9. The molecule has 9 nitrogen and oxygen atoms in total. The van der Waals surface area contributed by atoms with Crippen molar-refractivity contribution in [3.63, 3.8) is 0 Å². The molecule has 1 aromatic heterocycles. The molecule has 2 N–H and O–H groups in total. The van der Waals surface area contributed by atoms with Crippen molar-refractivity contribution < 1.29 is 36.2 Å². The Morgan fingerprint density at radius 2 is 1.78 bits per heavy atom. The number of halogens is 3. The Morgan fingerprint density at radius 1 is 1.12 bits per heavy atom. The molecular formula is C28H37F3N4O5S. The molecule has 3 aromatic rings. The maximum Gasteiger partial charge on any atom is 0.303 e. The summed E-state index contributed by atoms with van der Waals surface area (Å²) in [5.74, 6) is -3.62. The first-order valence-corrected chi connectivity index (χ1v) is 14.5. The molecule has 226 valence electrons. The molecule has 0 saturated carbocycles. The van der Waals surface area contributed by atoms with Gasteiger partial charge in [-0.3, -0.25) is 0 Å². The number of sulfonamides is 1. The third kappa shape index (κ3) is 6.68. The van der Waals surface area contributed by atoms with Gasteiger partial charge < -0.3 is 19.9 Å². The number of benzene rings is 2. The standard InChI is InChI=1S/C28H37F3N4O5S/c1-16(2)41(37,38)35(7)12-13-40-24-14-20-22(15-23(24)39-8)33-18(4)34-26(20)32-17(3)19-10-9-11-21(25(19)29)28(30,31)27(5,6)36/h9-11,14-17,36H,12-13H2,1-8H3,(H,32,33,34)/t17-/m1/s1. The second-order valence-corrected chi connectivity index (χ2v) is 13.2. The second-order valence-electron chi connectivity index (χ2n) is 10.6. The second kappa shape index (κ2) is 12.0. The number of methoxy groups -OCH3 is 1. The smallest absolute Gasteiger partial charge is 0.303 e. The van der Waals surface area contributed by atoms with E-state index in [2.05, 4.69) is 15.3 Å². The lowest BCUT2D eigenvalue weighted by molar-refractivity contribution is -0.170. The van der Waals surface area contributed by atoms with Crippen LogP contribution in [0.4, 0.5) is 19.0 Å². The van der Waals surface area contributed by atoms with E-state index in [4.69, 9.17) is 9.47 Å². The number of aryl methyl sites for hydroxylation is 1. The van der Waals surface area contributed by atoms with E-state index in [9.17, 15) is 22.3 Å². The van der Waals surface area contributed by atoms with Crippen LogP contribution in [0.5, 0.6) is 11.5 Å². The fraction of sp³-hybridized carbons (Fsp3) is 0.500. The number of nitrogens with one attached hydrogen (secondary N) is 1. The first-order valence-electron chi connectivity index (χ1n) is 13.0. The van der Waals surface area contributed by atoms with Gasteiger partial charge in [-0.15, -0.1) is 0 Å². The van der Waals surface area contributed by atoms with E-state index in [1.165, 1.54) is 30.6 Å². The molecule has 0 aliphatic rings. The third-order valence-electron chi connectivity index (χ3n) is 6.74. The maximum atomic E-state index is 15.4. The summed E-state index contributed by atoms with van der Waals surface area (Å²) in [6.07, 6.45) is 0. The van der Waals surface area contributed by atoms with Crippen LogP contribution in [0, 0.1) is 12.7 Å². The highest BCUT2D eigenvalue weighted by molar-refractivity contribution is 7.89. The summed E-state index contributed by atoms with van der Waals surface area (Å²) in [7, 11) is -0.526.